The van der Waals surface area contributed by atoms with Gasteiger partial charge in [0.05, 0.1) is 5.56 Å². The lowest BCUT2D eigenvalue weighted by Gasteiger charge is -2.42. The molecule has 29 heavy (non-hydrogen) atoms. The second kappa shape index (κ2) is 8.57. The monoisotopic (exact) mass is 405 g/mol. The minimum absolute atomic E-state index is 0.0368. The predicted octanol–water partition coefficient (Wildman–Crippen LogP) is 5.50. The summed E-state index contributed by atoms with van der Waals surface area (Å²) in [6.07, 6.45) is -1.71. The van der Waals surface area contributed by atoms with Gasteiger partial charge in [-0.05, 0) is 62.9 Å². The first-order valence-electron chi connectivity index (χ1n) is 9.82. The molecule has 0 unspecified atom stereocenters. The van der Waals surface area contributed by atoms with Crippen LogP contribution in [0.15, 0.2) is 48.5 Å². The molecule has 0 aliphatic carbocycles. The van der Waals surface area contributed by atoms with Gasteiger partial charge < -0.3 is 4.74 Å². The Balaban J connectivity index is 1.65. The van der Waals surface area contributed by atoms with Gasteiger partial charge in [-0.25, -0.2) is 0 Å². The van der Waals surface area contributed by atoms with Gasteiger partial charge in [0.1, 0.15) is 12.1 Å². The van der Waals surface area contributed by atoms with E-state index in [0.717, 1.165) is 37.1 Å². The Morgan fingerprint density at radius 2 is 1.66 bits per heavy atom. The number of carbonyl (C=O) groups excluding carboxylic acids is 1. The molecule has 1 heterocycles. The van der Waals surface area contributed by atoms with Crippen LogP contribution in [0.25, 0.3) is 0 Å². The Labute approximate surface area is 169 Å². The van der Waals surface area contributed by atoms with Crippen LogP contribution in [0.5, 0.6) is 0 Å². The largest absolute Gasteiger partial charge is 0.459 e. The van der Waals surface area contributed by atoms with Crippen molar-refractivity contribution in [3.05, 3.63) is 70.8 Å². The van der Waals surface area contributed by atoms with Crippen molar-refractivity contribution >= 4 is 5.97 Å². The average molecular weight is 405 g/mol. The van der Waals surface area contributed by atoms with E-state index in [1.54, 1.807) is 0 Å². The Bertz CT molecular complexity index is 831. The van der Waals surface area contributed by atoms with Crippen molar-refractivity contribution in [1.82, 2.24) is 4.90 Å². The van der Waals surface area contributed by atoms with Gasteiger partial charge in [-0.2, -0.15) is 13.2 Å². The number of carbonyl (C=O) groups is 1. The first kappa shape index (κ1) is 21.4. The van der Waals surface area contributed by atoms with Crippen LogP contribution in [0, 0.1) is 6.92 Å². The summed E-state index contributed by atoms with van der Waals surface area (Å²) in [7, 11) is 0. The van der Waals surface area contributed by atoms with E-state index in [0.29, 0.717) is 18.5 Å². The second-order valence-corrected chi connectivity index (χ2v) is 7.91. The van der Waals surface area contributed by atoms with Gasteiger partial charge in [0, 0.05) is 6.54 Å². The molecule has 3 rings (SSSR count). The molecule has 2 aromatic rings. The minimum Gasteiger partial charge on any atom is -0.459 e. The Hall–Kier alpha value is -2.34. The van der Waals surface area contributed by atoms with Crippen molar-refractivity contribution in [2.24, 2.45) is 0 Å². The van der Waals surface area contributed by atoms with Crippen molar-refractivity contribution in [2.45, 2.75) is 58.0 Å². The number of rotatable bonds is 5. The maximum Gasteiger partial charge on any atom is 0.416 e. The number of aryl methyl sites for hydroxylation is 1. The van der Waals surface area contributed by atoms with Crippen LogP contribution in [0.4, 0.5) is 13.2 Å². The fourth-order valence-corrected chi connectivity index (χ4v) is 3.67. The Morgan fingerprint density at radius 1 is 1.03 bits per heavy atom. The molecule has 0 aromatic heterocycles. The first-order chi connectivity index (χ1) is 13.7. The van der Waals surface area contributed by atoms with E-state index in [4.69, 9.17) is 4.74 Å². The Morgan fingerprint density at radius 3 is 2.28 bits per heavy atom. The SMILES string of the molecule is Cc1ccc(CN2CCCC[C@]2(C)C(=O)OCc2ccc(C(F)(F)F)cc2)cc1. The summed E-state index contributed by atoms with van der Waals surface area (Å²) in [4.78, 5) is 15.1. The minimum atomic E-state index is -4.37. The van der Waals surface area contributed by atoms with Crippen LogP contribution in [-0.2, 0) is 28.9 Å². The van der Waals surface area contributed by atoms with Gasteiger partial charge in [-0.3, -0.25) is 9.69 Å². The zero-order valence-electron chi connectivity index (χ0n) is 16.8. The van der Waals surface area contributed by atoms with Crippen molar-refractivity contribution in [3.63, 3.8) is 0 Å². The lowest BCUT2D eigenvalue weighted by molar-refractivity contribution is -0.162. The molecule has 3 nitrogen and oxygen atoms in total. The number of benzene rings is 2. The van der Waals surface area contributed by atoms with Crippen LogP contribution >= 0.6 is 0 Å². The highest BCUT2D eigenvalue weighted by molar-refractivity contribution is 5.80. The number of alkyl halides is 3. The van der Waals surface area contributed by atoms with E-state index in [2.05, 4.69) is 29.2 Å². The third-order valence-electron chi connectivity index (χ3n) is 5.62. The van der Waals surface area contributed by atoms with E-state index in [9.17, 15) is 18.0 Å². The number of esters is 1. The lowest BCUT2D eigenvalue weighted by Crippen LogP contribution is -2.55. The zero-order chi connectivity index (χ0) is 21.1. The first-order valence-corrected chi connectivity index (χ1v) is 9.82. The van der Waals surface area contributed by atoms with Crippen molar-refractivity contribution in [2.75, 3.05) is 6.54 Å². The quantitative estimate of drug-likeness (QED) is 0.615. The summed E-state index contributed by atoms with van der Waals surface area (Å²) < 4.78 is 43.6. The molecule has 0 radical (unpaired) electrons. The van der Waals surface area contributed by atoms with E-state index >= 15 is 0 Å². The molecular weight excluding hydrogens is 379 g/mol. The molecule has 6 heteroatoms. The maximum absolute atomic E-state index is 12.9. The molecule has 0 N–H and O–H groups in total. The number of hydrogen-bond acceptors (Lipinski definition) is 3. The predicted molar refractivity (Wildman–Crippen MR) is 105 cm³/mol. The second-order valence-electron chi connectivity index (χ2n) is 7.91. The average Bonchev–Trinajstić information content (AvgIpc) is 2.69. The molecule has 1 atom stereocenters. The molecule has 1 fully saturated rings. The van der Waals surface area contributed by atoms with Crippen LogP contribution in [0.1, 0.15) is 48.4 Å². The molecular formula is C23H26F3NO2. The number of hydrogen-bond donors (Lipinski definition) is 0. The maximum atomic E-state index is 12.9. The number of piperidine rings is 1. The fraction of sp³-hybridized carbons (Fsp3) is 0.435. The standard InChI is InChI=1S/C23H26F3NO2/c1-17-5-7-18(8-6-17)15-27-14-4-3-13-22(27,2)21(28)29-16-19-9-11-20(12-10-19)23(24,25)26/h5-12H,3-4,13-16H2,1-2H3/t22-/m1/s1. The van der Waals surface area contributed by atoms with Crippen LogP contribution in [-0.4, -0.2) is 23.0 Å². The van der Waals surface area contributed by atoms with Gasteiger partial charge in [0.25, 0.3) is 0 Å². The van der Waals surface area contributed by atoms with Gasteiger partial charge >= 0.3 is 12.1 Å². The summed E-state index contributed by atoms with van der Waals surface area (Å²) in [5, 5.41) is 0. The fourth-order valence-electron chi connectivity index (χ4n) is 3.67. The molecule has 1 aliphatic heterocycles. The number of nitrogens with zero attached hydrogens (tertiary/aromatic N) is 1. The van der Waals surface area contributed by atoms with E-state index < -0.39 is 17.3 Å². The van der Waals surface area contributed by atoms with Crippen molar-refractivity contribution in [3.8, 4) is 0 Å². The summed E-state index contributed by atoms with van der Waals surface area (Å²) in [5.41, 5.74) is 1.41. The van der Waals surface area contributed by atoms with Crippen molar-refractivity contribution < 1.29 is 22.7 Å². The molecule has 0 spiro atoms. The summed E-state index contributed by atoms with van der Waals surface area (Å²) in [6, 6.07) is 13.0. The van der Waals surface area contributed by atoms with Crippen LogP contribution in [0.2, 0.25) is 0 Å². The van der Waals surface area contributed by atoms with Crippen molar-refractivity contribution in [1.29, 1.82) is 0 Å². The highest BCUT2D eigenvalue weighted by Gasteiger charge is 2.42. The summed E-state index contributed by atoms with van der Waals surface area (Å²) in [6.45, 7) is 5.36. The summed E-state index contributed by atoms with van der Waals surface area (Å²) >= 11 is 0. The topological polar surface area (TPSA) is 29.5 Å². The molecule has 1 saturated heterocycles. The van der Waals surface area contributed by atoms with Crippen LogP contribution < -0.4 is 0 Å². The lowest BCUT2D eigenvalue weighted by atomic mass is 9.88. The normalized spacial score (nSPS) is 20.4. The highest BCUT2D eigenvalue weighted by Crippen LogP contribution is 2.32. The van der Waals surface area contributed by atoms with Crippen LogP contribution in [0.3, 0.4) is 0 Å². The van der Waals surface area contributed by atoms with Gasteiger partial charge in [-0.1, -0.05) is 42.0 Å². The smallest absolute Gasteiger partial charge is 0.416 e. The third-order valence-corrected chi connectivity index (χ3v) is 5.62. The number of likely N-dealkylation sites (tertiary alicyclic amines) is 1. The molecule has 0 saturated carbocycles. The number of halogens is 3. The number of ether oxygens (including phenoxy) is 1. The van der Waals surface area contributed by atoms with E-state index in [1.165, 1.54) is 17.7 Å². The molecule has 1 aliphatic rings. The highest BCUT2D eigenvalue weighted by atomic mass is 19.4. The molecule has 0 bridgehead atoms. The molecule has 156 valence electrons. The summed E-state index contributed by atoms with van der Waals surface area (Å²) in [5.74, 6) is -0.329. The van der Waals surface area contributed by atoms with E-state index in [1.807, 2.05) is 13.8 Å². The molecule has 2 aromatic carbocycles. The van der Waals surface area contributed by atoms with Gasteiger partial charge in [-0.15, -0.1) is 0 Å². The Kier molecular flexibility index (Phi) is 6.32. The third kappa shape index (κ3) is 5.18. The van der Waals surface area contributed by atoms with E-state index in [-0.39, 0.29) is 12.6 Å². The molecule has 0 amide bonds. The van der Waals surface area contributed by atoms with Gasteiger partial charge in [0.2, 0.25) is 0 Å². The zero-order valence-corrected chi connectivity index (χ0v) is 16.8. The van der Waals surface area contributed by atoms with Gasteiger partial charge in [0.15, 0.2) is 0 Å².